The van der Waals surface area contributed by atoms with Crippen LogP contribution in [0.4, 0.5) is 4.79 Å². The predicted octanol–water partition coefficient (Wildman–Crippen LogP) is 4.11. The molecule has 3 aromatic rings. The second-order valence-corrected chi connectivity index (χ2v) is 7.43. The summed E-state index contributed by atoms with van der Waals surface area (Å²) in [6.07, 6.45) is 3.38. The first-order valence-corrected chi connectivity index (χ1v) is 8.68. The molecule has 0 radical (unpaired) electrons. The summed E-state index contributed by atoms with van der Waals surface area (Å²) in [5.74, 6) is 0.608. The fourth-order valence-corrected chi connectivity index (χ4v) is 3.09. The molecule has 2 aromatic heterocycles. The first-order valence-electron chi connectivity index (χ1n) is 8.68. The summed E-state index contributed by atoms with van der Waals surface area (Å²) in [5.41, 5.74) is 0.588. The molecule has 0 fully saturated rings. The summed E-state index contributed by atoms with van der Waals surface area (Å²) in [4.78, 5) is 16.3. The van der Waals surface area contributed by atoms with Gasteiger partial charge in [0.05, 0.1) is 12.6 Å². The SMILES string of the molecule is COc1nccc2c1ccc1ccn(CC(C)NC(=O)OC(C)(C)C)c12. The molecular weight excluding hydrogens is 330 g/mol. The van der Waals surface area contributed by atoms with Gasteiger partial charge in [0, 0.05) is 41.1 Å². The topological polar surface area (TPSA) is 65.4 Å². The van der Waals surface area contributed by atoms with Gasteiger partial charge in [0.15, 0.2) is 0 Å². The first kappa shape index (κ1) is 18.0. The van der Waals surface area contributed by atoms with Crippen LogP contribution >= 0.6 is 0 Å². The largest absolute Gasteiger partial charge is 0.481 e. The maximum atomic E-state index is 12.0. The standard InChI is InChI=1S/C20H25N3O3/c1-13(22-19(24)26-20(2,3)4)12-23-11-9-14-6-7-16-15(17(14)23)8-10-21-18(16)25-5/h6-11,13H,12H2,1-5H3,(H,22,24). The third-order valence-electron chi connectivity index (χ3n) is 4.06. The minimum absolute atomic E-state index is 0.0839. The molecule has 1 N–H and O–H groups in total. The van der Waals surface area contributed by atoms with Crippen LogP contribution in [0, 0.1) is 0 Å². The fraction of sp³-hybridized carbons (Fsp3) is 0.400. The number of nitrogens with zero attached hydrogens (tertiary/aromatic N) is 2. The molecule has 0 aliphatic carbocycles. The van der Waals surface area contributed by atoms with E-state index in [-0.39, 0.29) is 6.04 Å². The fourth-order valence-electron chi connectivity index (χ4n) is 3.09. The molecule has 2 heterocycles. The van der Waals surface area contributed by atoms with Gasteiger partial charge in [-0.2, -0.15) is 0 Å². The molecule has 0 spiro atoms. The number of nitrogens with one attached hydrogen (secondary N) is 1. The Hall–Kier alpha value is -2.76. The van der Waals surface area contributed by atoms with Crippen molar-refractivity contribution in [3.8, 4) is 5.88 Å². The molecule has 3 rings (SSSR count). The van der Waals surface area contributed by atoms with E-state index in [2.05, 4.69) is 27.0 Å². The van der Waals surface area contributed by atoms with Gasteiger partial charge in [-0.05, 0) is 45.9 Å². The van der Waals surface area contributed by atoms with Crippen molar-refractivity contribution in [2.75, 3.05) is 7.11 Å². The predicted molar refractivity (Wildman–Crippen MR) is 103 cm³/mol. The van der Waals surface area contributed by atoms with E-state index in [0.717, 1.165) is 21.7 Å². The molecule has 0 aliphatic heterocycles. The molecule has 0 aliphatic rings. The molecular formula is C20H25N3O3. The van der Waals surface area contributed by atoms with Crippen LogP contribution in [0.15, 0.2) is 36.7 Å². The number of hydrogen-bond donors (Lipinski definition) is 1. The maximum Gasteiger partial charge on any atom is 0.407 e. The molecule has 1 aromatic carbocycles. The number of carbonyl (C=O) groups is 1. The molecule has 0 bridgehead atoms. The first-order chi connectivity index (χ1) is 12.3. The van der Waals surface area contributed by atoms with Gasteiger partial charge in [0.1, 0.15) is 5.60 Å². The van der Waals surface area contributed by atoms with Crippen LogP contribution in [0.25, 0.3) is 21.7 Å². The van der Waals surface area contributed by atoms with Crippen molar-refractivity contribution in [1.82, 2.24) is 14.9 Å². The minimum atomic E-state index is -0.510. The van der Waals surface area contributed by atoms with Gasteiger partial charge in [-0.3, -0.25) is 0 Å². The molecule has 0 saturated heterocycles. The lowest BCUT2D eigenvalue weighted by molar-refractivity contribution is 0.0504. The highest BCUT2D eigenvalue weighted by atomic mass is 16.6. The van der Waals surface area contributed by atoms with Crippen LogP contribution in [0.1, 0.15) is 27.7 Å². The molecule has 0 saturated carbocycles. The number of pyridine rings is 1. The van der Waals surface area contributed by atoms with E-state index in [1.165, 1.54) is 0 Å². The minimum Gasteiger partial charge on any atom is -0.481 e. The Labute approximate surface area is 153 Å². The van der Waals surface area contributed by atoms with Gasteiger partial charge < -0.3 is 19.4 Å². The van der Waals surface area contributed by atoms with Crippen LogP contribution < -0.4 is 10.1 Å². The monoisotopic (exact) mass is 355 g/mol. The summed E-state index contributed by atoms with van der Waals surface area (Å²) in [7, 11) is 1.62. The summed E-state index contributed by atoms with van der Waals surface area (Å²) in [6.45, 7) is 8.15. The lowest BCUT2D eigenvalue weighted by Gasteiger charge is -2.22. The van der Waals surface area contributed by atoms with E-state index < -0.39 is 11.7 Å². The van der Waals surface area contributed by atoms with Crippen molar-refractivity contribution in [3.05, 3.63) is 36.7 Å². The summed E-state index contributed by atoms with van der Waals surface area (Å²) in [5, 5.41) is 6.07. The summed E-state index contributed by atoms with van der Waals surface area (Å²) < 4.78 is 12.8. The highest BCUT2D eigenvalue weighted by molar-refractivity contribution is 6.07. The van der Waals surface area contributed by atoms with E-state index in [4.69, 9.17) is 9.47 Å². The van der Waals surface area contributed by atoms with Gasteiger partial charge in [0.2, 0.25) is 5.88 Å². The van der Waals surface area contributed by atoms with Gasteiger partial charge in [-0.1, -0.05) is 6.07 Å². The summed E-state index contributed by atoms with van der Waals surface area (Å²) >= 11 is 0. The quantitative estimate of drug-likeness (QED) is 0.765. The number of benzene rings is 1. The molecule has 1 amide bonds. The van der Waals surface area contributed by atoms with Gasteiger partial charge >= 0.3 is 6.09 Å². The Bertz CT molecular complexity index is 941. The number of alkyl carbamates (subject to hydrolysis) is 1. The Morgan fingerprint density at radius 3 is 2.69 bits per heavy atom. The molecule has 138 valence electrons. The zero-order chi connectivity index (χ0) is 18.9. The molecule has 1 unspecified atom stereocenters. The number of amides is 1. The number of ether oxygens (including phenoxy) is 2. The normalized spacial score (nSPS) is 13.0. The lowest BCUT2D eigenvalue weighted by Crippen LogP contribution is -2.39. The Morgan fingerprint density at radius 2 is 2.00 bits per heavy atom. The van der Waals surface area contributed by atoms with Crippen LogP contribution in [0.3, 0.4) is 0 Å². The van der Waals surface area contributed by atoms with Crippen molar-refractivity contribution in [2.45, 2.75) is 45.9 Å². The second kappa shape index (κ2) is 6.86. The van der Waals surface area contributed by atoms with E-state index in [0.29, 0.717) is 12.4 Å². The van der Waals surface area contributed by atoms with Gasteiger partial charge in [-0.15, -0.1) is 0 Å². The van der Waals surface area contributed by atoms with Crippen molar-refractivity contribution in [1.29, 1.82) is 0 Å². The van der Waals surface area contributed by atoms with Crippen LogP contribution in [0.2, 0.25) is 0 Å². The molecule has 6 heteroatoms. The number of aromatic nitrogens is 2. The van der Waals surface area contributed by atoms with Crippen LogP contribution in [-0.4, -0.2) is 34.4 Å². The smallest absolute Gasteiger partial charge is 0.407 e. The lowest BCUT2D eigenvalue weighted by atomic mass is 10.1. The molecule has 26 heavy (non-hydrogen) atoms. The second-order valence-electron chi connectivity index (χ2n) is 7.43. The number of methoxy groups -OCH3 is 1. The third kappa shape index (κ3) is 3.74. The highest BCUT2D eigenvalue weighted by Gasteiger charge is 2.18. The van der Waals surface area contributed by atoms with E-state index >= 15 is 0 Å². The van der Waals surface area contributed by atoms with Crippen molar-refractivity contribution < 1.29 is 14.3 Å². The van der Waals surface area contributed by atoms with E-state index in [1.807, 2.05) is 46.0 Å². The Kier molecular flexibility index (Phi) is 4.76. The number of rotatable bonds is 4. The highest BCUT2D eigenvalue weighted by Crippen LogP contribution is 2.30. The van der Waals surface area contributed by atoms with Crippen molar-refractivity contribution >= 4 is 27.8 Å². The van der Waals surface area contributed by atoms with E-state index in [1.54, 1.807) is 13.3 Å². The van der Waals surface area contributed by atoms with Crippen molar-refractivity contribution in [3.63, 3.8) is 0 Å². The third-order valence-corrected chi connectivity index (χ3v) is 4.06. The molecule has 1 atom stereocenters. The number of carbonyl (C=O) groups excluding carboxylic acids is 1. The average Bonchev–Trinajstić information content (AvgIpc) is 2.95. The maximum absolute atomic E-state index is 12.0. The van der Waals surface area contributed by atoms with Crippen LogP contribution in [0.5, 0.6) is 5.88 Å². The number of fused-ring (bicyclic) bond motifs is 3. The van der Waals surface area contributed by atoms with Crippen molar-refractivity contribution in [2.24, 2.45) is 0 Å². The van der Waals surface area contributed by atoms with Gasteiger partial charge in [-0.25, -0.2) is 9.78 Å². The van der Waals surface area contributed by atoms with Crippen LogP contribution in [-0.2, 0) is 11.3 Å². The van der Waals surface area contributed by atoms with Gasteiger partial charge in [0.25, 0.3) is 0 Å². The Morgan fingerprint density at radius 1 is 1.23 bits per heavy atom. The zero-order valence-electron chi connectivity index (χ0n) is 15.9. The summed E-state index contributed by atoms with van der Waals surface area (Å²) in [6, 6.07) is 8.06. The average molecular weight is 355 g/mol. The zero-order valence-corrected chi connectivity index (χ0v) is 15.9. The molecule has 6 nitrogen and oxygen atoms in total. The van der Waals surface area contributed by atoms with E-state index in [9.17, 15) is 4.79 Å². The Balaban J connectivity index is 1.89. The number of hydrogen-bond acceptors (Lipinski definition) is 4.